The summed E-state index contributed by atoms with van der Waals surface area (Å²) in [6.45, 7) is 5.63. The third kappa shape index (κ3) is 3.51. The second kappa shape index (κ2) is 7.19. The Morgan fingerprint density at radius 2 is 2.33 bits per heavy atom. The fraction of sp³-hybridized carbons (Fsp3) is 0.857. The third-order valence-corrected chi connectivity index (χ3v) is 4.70. The highest BCUT2D eigenvalue weighted by molar-refractivity contribution is 7.03. The zero-order valence-electron chi connectivity index (χ0n) is 11.6. The first-order valence-electron chi connectivity index (χ1n) is 7.35. The molecular weight excluding hydrogens is 242 g/mol. The molecule has 1 fully saturated rings. The Bertz CT molecular complexity index is 326. The molecule has 3 unspecified atom stereocenters. The van der Waals surface area contributed by atoms with Gasteiger partial charge in [-0.2, -0.15) is 0 Å². The van der Waals surface area contributed by atoms with E-state index in [1.807, 2.05) is 0 Å². The quantitative estimate of drug-likeness (QED) is 0.852. The Labute approximate surface area is 115 Å². The van der Waals surface area contributed by atoms with Gasteiger partial charge >= 0.3 is 0 Å². The van der Waals surface area contributed by atoms with E-state index in [2.05, 4.69) is 34.1 Å². The molecule has 1 saturated carbocycles. The molecule has 1 heterocycles. The van der Waals surface area contributed by atoms with Crippen molar-refractivity contribution in [3.05, 3.63) is 11.1 Å². The minimum Gasteiger partial charge on any atom is -0.308 e. The summed E-state index contributed by atoms with van der Waals surface area (Å²) in [7, 11) is 0. The first-order valence-corrected chi connectivity index (χ1v) is 8.19. The van der Waals surface area contributed by atoms with Crippen LogP contribution in [0.5, 0.6) is 0 Å². The van der Waals surface area contributed by atoms with Crippen molar-refractivity contribution in [3.63, 3.8) is 0 Å². The highest BCUT2D eigenvalue weighted by atomic mass is 32.1. The van der Waals surface area contributed by atoms with Gasteiger partial charge in [0.1, 0.15) is 0 Å². The van der Waals surface area contributed by atoms with E-state index < -0.39 is 0 Å². The maximum atomic E-state index is 4.30. The minimum atomic E-state index is 0.429. The van der Waals surface area contributed by atoms with Crippen LogP contribution in [0.2, 0.25) is 0 Å². The summed E-state index contributed by atoms with van der Waals surface area (Å²) in [5.74, 6) is 1.67. The van der Waals surface area contributed by atoms with E-state index in [4.69, 9.17) is 0 Å². The number of nitrogens with zero attached hydrogens (tertiary/aromatic N) is 2. The smallest absolute Gasteiger partial charge is 0.0927 e. The second-order valence-corrected chi connectivity index (χ2v) is 6.07. The van der Waals surface area contributed by atoms with Crippen molar-refractivity contribution < 1.29 is 0 Å². The summed E-state index contributed by atoms with van der Waals surface area (Å²) in [4.78, 5) is 0. The van der Waals surface area contributed by atoms with E-state index in [0.29, 0.717) is 6.04 Å². The van der Waals surface area contributed by atoms with Gasteiger partial charge < -0.3 is 5.32 Å². The molecule has 1 aromatic heterocycles. The van der Waals surface area contributed by atoms with Gasteiger partial charge in [0.2, 0.25) is 0 Å². The molecule has 0 aromatic carbocycles. The van der Waals surface area contributed by atoms with Crippen molar-refractivity contribution in [3.8, 4) is 0 Å². The van der Waals surface area contributed by atoms with Crippen LogP contribution in [-0.4, -0.2) is 16.1 Å². The summed E-state index contributed by atoms with van der Waals surface area (Å²) in [6.07, 6.45) is 8.00. The predicted octanol–water partition coefficient (Wildman–Crippen LogP) is 3.80. The normalized spacial score (nSPS) is 26.1. The molecule has 0 amide bonds. The number of hydrogen-bond acceptors (Lipinski definition) is 4. The fourth-order valence-electron chi connectivity index (χ4n) is 3.13. The molecule has 1 aliphatic carbocycles. The molecule has 0 aliphatic heterocycles. The largest absolute Gasteiger partial charge is 0.308 e. The summed E-state index contributed by atoms with van der Waals surface area (Å²) >= 11 is 1.47. The third-order valence-electron chi connectivity index (χ3n) is 4.18. The van der Waals surface area contributed by atoms with Crippen molar-refractivity contribution in [2.75, 3.05) is 6.54 Å². The van der Waals surface area contributed by atoms with Crippen LogP contribution in [0.25, 0.3) is 0 Å². The lowest BCUT2D eigenvalue weighted by Crippen LogP contribution is -2.32. The highest BCUT2D eigenvalue weighted by Gasteiger charge is 2.29. The Morgan fingerprint density at radius 3 is 3.00 bits per heavy atom. The Kier molecular flexibility index (Phi) is 5.57. The van der Waals surface area contributed by atoms with Gasteiger partial charge in [-0.15, -0.1) is 5.10 Å². The lowest BCUT2D eigenvalue weighted by molar-refractivity contribution is 0.207. The highest BCUT2D eigenvalue weighted by Crippen LogP contribution is 2.38. The fourth-order valence-corrected chi connectivity index (χ4v) is 3.62. The van der Waals surface area contributed by atoms with Gasteiger partial charge in [-0.3, -0.25) is 0 Å². The maximum Gasteiger partial charge on any atom is 0.0927 e. The van der Waals surface area contributed by atoms with E-state index in [9.17, 15) is 0 Å². The molecule has 0 spiro atoms. The number of hydrogen-bond donors (Lipinski definition) is 1. The van der Waals surface area contributed by atoms with Crippen LogP contribution in [-0.2, 0) is 0 Å². The van der Waals surface area contributed by atoms with Crippen molar-refractivity contribution in [1.29, 1.82) is 0 Å². The van der Waals surface area contributed by atoms with Crippen LogP contribution in [0.3, 0.4) is 0 Å². The number of aromatic nitrogens is 2. The van der Waals surface area contributed by atoms with E-state index >= 15 is 0 Å². The van der Waals surface area contributed by atoms with Crippen molar-refractivity contribution in [1.82, 2.24) is 14.9 Å². The lowest BCUT2D eigenvalue weighted by Gasteiger charge is -2.34. The molecule has 2 rings (SSSR count). The molecule has 1 aromatic rings. The Balaban J connectivity index is 2.03. The van der Waals surface area contributed by atoms with Crippen LogP contribution < -0.4 is 5.32 Å². The van der Waals surface area contributed by atoms with Crippen molar-refractivity contribution in [2.24, 2.45) is 11.8 Å². The Morgan fingerprint density at radius 1 is 1.44 bits per heavy atom. The predicted molar refractivity (Wildman–Crippen MR) is 76.7 cm³/mol. The van der Waals surface area contributed by atoms with Crippen LogP contribution >= 0.6 is 11.5 Å². The first kappa shape index (κ1) is 13.9. The molecule has 0 bridgehead atoms. The van der Waals surface area contributed by atoms with Crippen LogP contribution in [0.1, 0.15) is 64.1 Å². The topological polar surface area (TPSA) is 37.8 Å². The molecular formula is C14H25N3S. The van der Waals surface area contributed by atoms with Gasteiger partial charge in [0.05, 0.1) is 11.7 Å². The van der Waals surface area contributed by atoms with Crippen LogP contribution in [0, 0.1) is 11.8 Å². The zero-order valence-corrected chi connectivity index (χ0v) is 12.4. The van der Waals surface area contributed by atoms with Gasteiger partial charge in [0, 0.05) is 5.38 Å². The summed E-state index contributed by atoms with van der Waals surface area (Å²) < 4.78 is 4.04. The SMILES string of the molecule is CCCNC(c1csnn1)C1CCCC(CC)C1. The van der Waals surface area contributed by atoms with Crippen LogP contribution in [0.15, 0.2) is 5.38 Å². The van der Waals surface area contributed by atoms with Gasteiger partial charge in [-0.05, 0) is 49.2 Å². The molecule has 0 radical (unpaired) electrons. The van der Waals surface area contributed by atoms with Gasteiger partial charge in [-0.1, -0.05) is 37.6 Å². The van der Waals surface area contributed by atoms with E-state index in [1.165, 1.54) is 50.1 Å². The summed E-state index contributed by atoms with van der Waals surface area (Å²) in [5.41, 5.74) is 1.16. The first-order chi connectivity index (χ1) is 8.85. The van der Waals surface area contributed by atoms with Gasteiger partial charge in [0.15, 0.2) is 0 Å². The number of rotatable bonds is 6. The molecule has 3 nitrogen and oxygen atoms in total. The Hall–Kier alpha value is -0.480. The van der Waals surface area contributed by atoms with Crippen molar-refractivity contribution >= 4 is 11.5 Å². The minimum absolute atomic E-state index is 0.429. The average Bonchev–Trinajstić information content (AvgIpc) is 2.93. The van der Waals surface area contributed by atoms with E-state index in [1.54, 1.807) is 0 Å². The maximum absolute atomic E-state index is 4.30. The number of nitrogens with one attached hydrogen (secondary N) is 1. The monoisotopic (exact) mass is 267 g/mol. The standard InChI is InChI=1S/C14H25N3S/c1-3-8-15-14(13-10-18-17-16-13)12-7-5-6-11(4-2)9-12/h10-12,14-15H,3-9H2,1-2H3. The lowest BCUT2D eigenvalue weighted by atomic mass is 9.76. The van der Waals surface area contributed by atoms with Gasteiger partial charge in [0.25, 0.3) is 0 Å². The van der Waals surface area contributed by atoms with Crippen molar-refractivity contribution in [2.45, 2.75) is 58.4 Å². The molecule has 3 atom stereocenters. The molecule has 1 N–H and O–H groups in total. The molecule has 102 valence electrons. The summed E-state index contributed by atoms with van der Waals surface area (Å²) in [6, 6.07) is 0.429. The van der Waals surface area contributed by atoms with E-state index in [-0.39, 0.29) is 0 Å². The molecule has 18 heavy (non-hydrogen) atoms. The molecule has 1 aliphatic rings. The summed E-state index contributed by atoms with van der Waals surface area (Å²) in [5, 5.41) is 10.1. The van der Waals surface area contributed by atoms with Crippen LogP contribution in [0.4, 0.5) is 0 Å². The average molecular weight is 267 g/mol. The zero-order chi connectivity index (χ0) is 12.8. The molecule has 0 saturated heterocycles. The van der Waals surface area contributed by atoms with E-state index in [0.717, 1.165) is 24.1 Å². The van der Waals surface area contributed by atoms with Gasteiger partial charge in [-0.25, -0.2) is 0 Å². The second-order valence-electron chi connectivity index (χ2n) is 5.46. The molecule has 4 heteroatoms.